The molecule has 6 aliphatic carbocycles. The number of hydrogen-bond acceptors (Lipinski definition) is 0. The van der Waals surface area contributed by atoms with Gasteiger partial charge in [0, 0.05) is 0 Å². The summed E-state index contributed by atoms with van der Waals surface area (Å²) in [6, 6.07) is 0. The smallest absolute Gasteiger partial charge is 0.0652 e. The zero-order chi connectivity index (χ0) is 16.6. The van der Waals surface area contributed by atoms with Gasteiger partial charge in [-0.1, -0.05) is 78.9 Å². The van der Waals surface area contributed by atoms with E-state index in [-0.39, 0.29) is 0 Å². The molecule has 8 atom stereocenters. The van der Waals surface area contributed by atoms with Crippen LogP contribution in [0.15, 0.2) is 0 Å². The van der Waals surface area contributed by atoms with E-state index in [1.165, 1.54) is 38.5 Å². The Hall–Kier alpha value is 0.0649. The van der Waals surface area contributed by atoms with Crippen molar-refractivity contribution in [3.05, 3.63) is 0 Å². The Bertz CT molecular complexity index is 423. The Balaban J connectivity index is 1.46. The quantitative estimate of drug-likeness (QED) is 0.523. The van der Waals surface area contributed by atoms with E-state index in [9.17, 15) is 0 Å². The maximum absolute atomic E-state index is 2.92. The van der Waals surface area contributed by atoms with Crippen molar-refractivity contribution in [3.63, 3.8) is 0 Å². The highest BCUT2D eigenvalue weighted by Crippen LogP contribution is 2.68. The average Bonchev–Trinajstić information content (AvgIpc) is 2.54. The van der Waals surface area contributed by atoms with Crippen LogP contribution in [-0.2, 0) is 0 Å². The van der Waals surface area contributed by atoms with Gasteiger partial charge in [0.15, 0.2) is 0 Å². The van der Waals surface area contributed by atoms with Gasteiger partial charge in [-0.2, -0.15) is 0 Å². The summed E-state index contributed by atoms with van der Waals surface area (Å²) in [5.74, 6) is 7.92. The third-order valence-corrected chi connectivity index (χ3v) is 9.78. The lowest BCUT2D eigenvalue weighted by Crippen LogP contribution is -2.57. The summed E-state index contributed by atoms with van der Waals surface area (Å²) in [6.07, 6.45) is 8.90. The van der Waals surface area contributed by atoms with Gasteiger partial charge in [0.05, 0.1) is 0 Å². The van der Waals surface area contributed by atoms with Crippen LogP contribution in [-0.4, -0.2) is 7.28 Å². The molecule has 23 heavy (non-hydrogen) atoms. The maximum Gasteiger partial charge on any atom is 0.118 e. The van der Waals surface area contributed by atoms with Crippen molar-refractivity contribution in [2.45, 2.75) is 91.7 Å². The Kier molecular flexibility index (Phi) is 3.79. The second kappa shape index (κ2) is 5.28. The second-order valence-corrected chi connectivity index (χ2v) is 10.9. The molecule has 1 heteroatoms. The standard InChI is InChI=1S/C22H38B/c1-7-15-17-9-13(21(17,3)4)11-19(15)23-20-12-14-10-18(16(20)8-2)22(14,5)6/h13-20H,7-12H2,1-6H3/t13-,14-,15+,16+,17+,18+,19+,20+/m0/s1. The molecular weight excluding hydrogens is 275 g/mol. The largest absolute Gasteiger partial charge is 0.118 e. The van der Waals surface area contributed by atoms with Crippen molar-refractivity contribution in [1.82, 2.24) is 0 Å². The topological polar surface area (TPSA) is 0 Å². The fourth-order valence-corrected chi connectivity index (χ4v) is 7.90. The summed E-state index contributed by atoms with van der Waals surface area (Å²) < 4.78 is 0. The van der Waals surface area contributed by atoms with Crippen LogP contribution in [0.25, 0.3) is 0 Å². The van der Waals surface area contributed by atoms with Crippen LogP contribution in [0.4, 0.5) is 0 Å². The SMILES string of the molecule is CC[C@H]1[C@H]([B][C@@H]2C[C@@H]3C[C@H]([C@H]2CC)C3(C)C)C[C@@H]2C[C@H]1C2(C)C. The summed E-state index contributed by atoms with van der Waals surface area (Å²) in [6.45, 7) is 15.1. The highest BCUT2D eigenvalue weighted by Gasteiger charge is 2.60. The molecule has 6 aliphatic rings. The van der Waals surface area contributed by atoms with Gasteiger partial charge in [0.25, 0.3) is 0 Å². The Morgan fingerprint density at radius 3 is 1.39 bits per heavy atom. The maximum atomic E-state index is 2.92. The molecule has 0 aliphatic heterocycles. The molecule has 0 N–H and O–H groups in total. The second-order valence-electron chi connectivity index (χ2n) is 10.9. The predicted octanol–water partition coefficient (Wildman–Crippen LogP) is 6.45. The van der Waals surface area contributed by atoms with Crippen molar-refractivity contribution in [1.29, 1.82) is 0 Å². The minimum atomic E-state index is 0.645. The van der Waals surface area contributed by atoms with Gasteiger partial charge in [-0.05, 0) is 59.2 Å². The summed E-state index contributed by atoms with van der Waals surface area (Å²) >= 11 is 0. The van der Waals surface area contributed by atoms with Crippen LogP contribution in [0.3, 0.4) is 0 Å². The van der Waals surface area contributed by atoms with Crippen LogP contribution in [0.1, 0.15) is 80.1 Å². The van der Waals surface area contributed by atoms with E-state index in [4.69, 9.17) is 0 Å². The summed E-state index contributed by atoms with van der Waals surface area (Å²) in [5, 5.41) is 0. The molecule has 6 rings (SSSR count). The molecule has 0 spiro atoms. The first kappa shape index (κ1) is 16.5. The van der Waals surface area contributed by atoms with Crippen LogP contribution in [0, 0.1) is 46.3 Å². The van der Waals surface area contributed by atoms with Gasteiger partial charge in [0.1, 0.15) is 7.28 Å². The van der Waals surface area contributed by atoms with Crippen molar-refractivity contribution in [2.24, 2.45) is 46.3 Å². The highest BCUT2D eigenvalue weighted by molar-refractivity contribution is 6.40. The van der Waals surface area contributed by atoms with Crippen LogP contribution < -0.4 is 0 Å². The van der Waals surface area contributed by atoms with Gasteiger partial charge >= 0.3 is 0 Å². The van der Waals surface area contributed by atoms with Crippen LogP contribution in [0.2, 0.25) is 11.6 Å². The minimum Gasteiger partial charge on any atom is -0.0652 e. The highest BCUT2D eigenvalue weighted by atomic mass is 14.6. The normalized spacial score (nSPS) is 52.3. The van der Waals surface area contributed by atoms with E-state index < -0.39 is 0 Å². The summed E-state index contributed by atoms with van der Waals surface area (Å²) in [4.78, 5) is 0. The van der Waals surface area contributed by atoms with E-state index in [0.717, 1.165) is 47.1 Å². The van der Waals surface area contributed by atoms with Crippen molar-refractivity contribution in [3.8, 4) is 0 Å². The van der Waals surface area contributed by atoms with E-state index in [2.05, 4.69) is 48.8 Å². The third kappa shape index (κ3) is 2.16. The first-order chi connectivity index (χ1) is 10.8. The first-order valence-electron chi connectivity index (χ1n) is 10.7. The van der Waals surface area contributed by atoms with Crippen LogP contribution in [0.5, 0.6) is 0 Å². The molecule has 129 valence electrons. The van der Waals surface area contributed by atoms with Crippen molar-refractivity contribution in [2.75, 3.05) is 0 Å². The zero-order valence-corrected chi connectivity index (χ0v) is 16.4. The zero-order valence-electron chi connectivity index (χ0n) is 16.4. The van der Waals surface area contributed by atoms with Gasteiger partial charge in [-0.3, -0.25) is 0 Å². The molecule has 0 amide bonds. The predicted molar refractivity (Wildman–Crippen MR) is 101 cm³/mol. The van der Waals surface area contributed by atoms with Gasteiger partial charge in [-0.25, -0.2) is 0 Å². The lowest BCUT2D eigenvalue weighted by atomic mass is 9.30. The molecular formula is C22H38B. The van der Waals surface area contributed by atoms with Crippen LogP contribution >= 0.6 is 0 Å². The van der Waals surface area contributed by atoms with E-state index in [1.54, 1.807) is 0 Å². The fraction of sp³-hybridized carbons (Fsp3) is 1.00. The number of hydrogen-bond donors (Lipinski definition) is 0. The molecule has 0 saturated heterocycles. The molecule has 0 aromatic heterocycles. The van der Waals surface area contributed by atoms with Gasteiger partial charge in [-0.15, -0.1) is 0 Å². The fourth-order valence-electron chi connectivity index (χ4n) is 7.90. The molecule has 6 saturated carbocycles. The molecule has 4 bridgehead atoms. The first-order valence-corrected chi connectivity index (χ1v) is 10.7. The van der Waals surface area contributed by atoms with E-state index in [0.29, 0.717) is 10.8 Å². The summed E-state index contributed by atoms with van der Waals surface area (Å²) in [5.41, 5.74) is 1.29. The lowest BCUT2D eigenvalue weighted by Gasteiger charge is -2.65. The molecule has 0 aromatic carbocycles. The Morgan fingerprint density at radius 2 is 1.09 bits per heavy atom. The Morgan fingerprint density at radius 1 is 0.696 bits per heavy atom. The van der Waals surface area contributed by atoms with Gasteiger partial charge in [0.2, 0.25) is 0 Å². The molecule has 0 unspecified atom stereocenters. The number of rotatable bonds is 4. The van der Waals surface area contributed by atoms with Crippen molar-refractivity contribution >= 4 is 7.28 Å². The third-order valence-electron chi connectivity index (χ3n) is 9.78. The Labute approximate surface area is 145 Å². The van der Waals surface area contributed by atoms with Gasteiger partial charge < -0.3 is 0 Å². The summed E-state index contributed by atoms with van der Waals surface area (Å²) in [7, 11) is 2.92. The number of fused-ring (bicyclic) bond motifs is 4. The lowest BCUT2D eigenvalue weighted by molar-refractivity contribution is -0.112. The van der Waals surface area contributed by atoms with E-state index >= 15 is 0 Å². The molecule has 0 nitrogen and oxygen atoms in total. The van der Waals surface area contributed by atoms with E-state index in [1.807, 2.05) is 0 Å². The molecule has 6 fully saturated rings. The molecule has 1 radical (unpaired) electrons. The molecule has 0 heterocycles. The van der Waals surface area contributed by atoms with Crippen molar-refractivity contribution < 1.29 is 0 Å². The monoisotopic (exact) mass is 313 g/mol. The molecule has 0 aromatic rings. The minimum absolute atomic E-state index is 0.645. The average molecular weight is 313 g/mol.